The molecule has 0 aromatic heterocycles. The van der Waals surface area contributed by atoms with Crippen LogP contribution in [0.1, 0.15) is 0 Å². The van der Waals surface area contributed by atoms with Gasteiger partial charge in [-0.1, -0.05) is 84.9 Å². The molecule has 1 heteroatoms. The predicted octanol–water partition coefficient (Wildman–Crippen LogP) is 6.91. The van der Waals surface area contributed by atoms with Crippen LogP contribution in [-0.2, 0) is 0 Å². The van der Waals surface area contributed by atoms with Crippen molar-refractivity contribution in [2.24, 2.45) is 0 Å². The lowest BCUT2D eigenvalue weighted by molar-refractivity contribution is 1.60. The minimum Gasteiger partial charge on any atom is -0.399 e. The van der Waals surface area contributed by atoms with Gasteiger partial charge in [-0.05, 0) is 62.0 Å². The van der Waals surface area contributed by atoms with Crippen molar-refractivity contribution in [1.82, 2.24) is 0 Å². The first-order valence-corrected chi connectivity index (χ1v) is 9.17. The standard InChI is InChI=1S/C26H19N/c27-20-14-15-24(25(17-20)18-8-2-1-3-9-18)26-16-19-10-4-5-11-21(19)22-12-6-7-13-23(22)26/h1-17H,27H2. The summed E-state index contributed by atoms with van der Waals surface area (Å²) in [4.78, 5) is 0. The van der Waals surface area contributed by atoms with E-state index in [0.29, 0.717) is 0 Å². The zero-order valence-corrected chi connectivity index (χ0v) is 14.9. The molecule has 27 heavy (non-hydrogen) atoms. The van der Waals surface area contributed by atoms with E-state index in [2.05, 4.69) is 91.0 Å². The molecule has 0 heterocycles. The first-order chi connectivity index (χ1) is 13.3. The highest BCUT2D eigenvalue weighted by atomic mass is 14.5. The molecule has 0 saturated heterocycles. The van der Waals surface area contributed by atoms with Gasteiger partial charge in [0.15, 0.2) is 0 Å². The Balaban J connectivity index is 1.89. The summed E-state index contributed by atoms with van der Waals surface area (Å²) in [5.74, 6) is 0. The second-order valence-electron chi connectivity index (χ2n) is 6.86. The van der Waals surface area contributed by atoms with E-state index in [1.54, 1.807) is 0 Å². The van der Waals surface area contributed by atoms with Crippen molar-refractivity contribution in [3.05, 3.63) is 103 Å². The highest BCUT2D eigenvalue weighted by Gasteiger charge is 2.13. The third-order valence-electron chi connectivity index (χ3n) is 5.19. The number of benzene rings is 5. The van der Waals surface area contributed by atoms with Crippen LogP contribution in [0.25, 0.3) is 43.8 Å². The molecular weight excluding hydrogens is 326 g/mol. The van der Waals surface area contributed by atoms with E-state index in [1.807, 2.05) is 12.1 Å². The maximum atomic E-state index is 6.15. The molecule has 0 aliphatic heterocycles. The first kappa shape index (κ1) is 15.7. The fourth-order valence-corrected chi connectivity index (χ4v) is 3.93. The number of anilines is 1. The van der Waals surface area contributed by atoms with Crippen LogP contribution in [-0.4, -0.2) is 0 Å². The molecule has 0 fully saturated rings. The summed E-state index contributed by atoms with van der Waals surface area (Å²) in [5.41, 5.74) is 11.7. The summed E-state index contributed by atoms with van der Waals surface area (Å²) in [5, 5.41) is 5.08. The average Bonchev–Trinajstić information content (AvgIpc) is 2.74. The Bertz CT molecular complexity index is 1270. The zero-order chi connectivity index (χ0) is 18.2. The molecule has 0 aliphatic rings. The summed E-state index contributed by atoms with van der Waals surface area (Å²) in [6.45, 7) is 0. The fraction of sp³-hybridized carbons (Fsp3) is 0. The number of rotatable bonds is 2. The first-order valence-electron chi connectivity index (χ1n) is 9.17. The van der Waals surface area contributed by atoms with Gasteiger partial charge >= 0.3 is 0 Å². The Labute approximate surface area is 158 Å². The molecule has 2 N–H and O–H groups in total. The summed E-state index contributed by atoms with van der Waals surface area (Å²) in [6.07, 6.45) is 0. The van der Waals surface area contributed by atoms with Crippen molar-refractivity contribution in [2.45, 2.75) is 0 Å². The number of nitrogen functional groups attached to an aromatic ring is 1. The van der Waals surface area contributed by atoms with E-state index in [4.69, 9.17) is 5.73 Å². The smallest absolute Gasteiger partial charge is 0.0320 e. The van der Waals surface area contributed by atoms with Crippen molar-refractivity contribution in [3.63, 3.8) is 0 Å². The van der Waals surface area contributed by atoms with Gasteiger partial charge in [0, 0.05) is 5.69 Å². The highest BCUT2D eigenvalue weighted by Crippen LogP contribution is 2.40. The summed E-state index contributed by atoms with van der Waals surface area (Å²) < 4.78 is 0. The molecule has 0 atom stereocenters. The molecule has 0 spiro atoms. The molecule has 5 aromatic rings. The zero-order valence-electron chi connectivity index (χ0n) is 14.9. The molecule has 0 unspecified atom stereocenters. The summed E-state index contributed by atoms with van der Waals surface area (Å²) >= 11 is 0. The van der Waals surface area contributed by atoms with Crippen LogP contribution >= 0.6 is 0 Å². The van der Waals surface area contributed by atoms with Gasteiger partial charge < -0.3 is 5.73 Å². The lowest BCUT2D eigenvalue weighted by Crippen LogP contribution is -1.91. The maximum Gasteiger partial charge on any atom is 0.0320 e. The second-order valence-corrected chi connectivity index (χ2v) is 6.86. The molecule has 5 aromatic carbocycles. The molecule has 0 amide bonds. The Morgan fingerprint density at radius 3 is 1.93 bits per heavy atom. The van der Waals surface area contributed by atoms with Crippen LogP contribution in [0, 0.1) is 0 Å². The molecule has 0 bridgehead atoms. The van der Waals surface area contributed by atoms with Crippen LogP contribution in [0.2, 0.25) is 0 Å². The monoisotopic (exact) mass is 345 g/mol. The molecule has 0 aliphatic carbocycles. The van der Waals surface area contributed by atoms with Crippen LogP contribution < -0.4 is 5.73 Å². The minimum atomic E-state index is 0.780. The van der Waals surface area contributed by atoms with E-state index < -0.39 is 0 Å². The van der Waals surface area contributed by atoms with Gasteiger partial charge in [0.1, 0.15) is 0 Å². The molecule has 128 valence electrons. The van der Waals surface area contributed by atoms with Crippen molar-refractivity contribution < 1.29 is 0 Å². The largest absolute Gasteiger partial charge is 0.399 e. The fourth-order valence-electron chi connectivity index (χ4n) is 3.93. The van der Waals surface area contributed by atoms with Crippen molar-refractivity contribution in [2.75, 3.05) is 5.73 Å². The summed E-state index contributed by atoms with van der Waals surface area (Å²) in [6, 6.07) is 36.2. The van der Waals surface area contributed by atoms with Gasteiger partial charge in [-0.2, -0.15) is 0 Å². The number of nitrogens with two attached hydrogens (primary N) is 1. The van der Waals surface area contributed by atoms with Crippen molar-refractivity contribution in [1.29, 1.82) is 0 Å². The Morgan fingerprint density at radius 2 is 1.11 bits per heavy atom. The number of fused-ring (bicyclic) bond motifs is 3. The lowest BCUT2D eigenvalue weighted by atomic mass is 9.89. The van der Waals surface area contributed by atoms with Crippen molar-refractivity contribution in [3.8, 4) is 22.3 Å². The highest BCUT2D eigenvalue weighted by molar-refractivity contribution is 6.14. The van der Waals surface area contributed by atoms with E-state index in [0.717, 1.165) is 11.3 Å². The summed E-state index contributed by atoms with van der Waals surface area (Å²) in [7, 11) is 0. The topological polar surface area (TPSA) is 26.0 Å². The van der Waals surface area contributed by atoms with E-state index >= 15 is 0 Å². The van der Waals surface area contributed by atoms with Crippen LogP contribution in [0.5, 0.6) is 0 Å². The lowest BCUT2D eigenvalue weighted by Gasteiger charge is -2.15. The Hall–Kier alpha value is -3.58. The minimum absolute atomic E-state index is 0.780. The van der Waals surface area contributed by atoms with Crippen LogP contribution in [0.3, 0.4) is 0 Å². The molecular formula is C26H19N. The second kappa shape index (κ2) is 6.30. The normalized spacial score (nSPS) is 11.1. The third-order valence-corrected chi connectivity index (χ3v) is 5.19. The quantitative estimate of drug-likeness (QED) is 0.273. The van der Waals surface area contributed by atoms with Gasteiger partial charge in [-0.3, -0.25) is 0 Å². The maximum absolute atomic E-state index is 6.15. The molecule has 0 radical (unpaired) electrons. The van der Waals surface area contributed by atoms with Crippen molar-refractivity contribution >= 4 is 27.2 Å². The molecule has 0 saturated carbocycles. The molecule has 1 nitrogen and oxygen atoms in total. The van der Waals surface area contributed by atoms with Gasteiger partial charge in [0.2, 0.25) is 0 Å². The van der Waals surface area contributed by atoms with Crippen LogP contribution in [0.15, 0.2) is 103 Å². The molecule has 5 rings (SSSR count). The van der Waals surface area contributed by atoms with Crippen LogP contribution in [0.4, 0.5) is 5.69 Å². The van der Waals surface area contributed by atoms with Gasteiger partial charge in [0.05, 0.1) is 0 Å². The third kappa shape index (κ3) is 2.65. The average molecular weight is 345 g/mol. The Morgan fingerprint density at radius 1 is 0.444 bits per heavy atom. The number of hydrogen-bond donors (Lipinski definition) is 1. The SMILES string of the molecule is Nc1ccc(-c2cc3ccccc3c3ccccc23)c(-c2ccccc2)c1. The number of hydrogen-bond acceptors (Lipinski definition) is 1. The van der Waals surface area contributed by atoms with Gasteiger partial charge in [0.25, 0.3) is 0 Å². The van der Waals surface area contributed by atoms with Gasteiger partial charge in [-0.15, -0.1) is 0 Å². The van der Waals surface area contributed by atoms with Gasteiger partial charge in [-0.25, -0.2) is 0 Å². The van der Waals surface area contributed by atoms with E-state index in [1.165, 1.54) is 38.2 Å². The Kier molecular flexibility index (Phi) is 3.65. The van der Waals surface area contributed by atoms with E-state index in [-0.39, 0.29) is 0 Å². The van der Waals surface area contributed by atoms with E-state index in [9.17, 15) is 0 Å². The predicted molar refractivity (Wildman–Crippen MR) is 117 cm³/mol.